The van der Waals surface area contributed by atoms with Gasteiger partial charge in [-0.05, 0) is 18.1 Å². The Morgan fingerprint density at radius 2 is 2.16 bits per heavy atom. The molecule has 106 valence electrons. The highest BCUT2D eigenvalue weighted by Gasteiger charge is 1.99. The minimum Gasteiger partial charge on any atom is -0.492 e. The van der Waals surface area contributed by atoms with Crippen LogP contribution in [0.4, 0.5) is 4.39 Å². The van der Waals surface area contributed by atoms with Gasteiger partial charge in [-0.25, -0.2) is 4.39 Å². The first kappa shape index (κ1) is 15.3. The summed E-state index contributed by atoms with van der Waals surface area (Å²) in [6, 6.07) is 6.12. The van der Waals surface area contributed by atoms with Crippen LogP contribution < -0.4 is 15.4 Å². The molecule has 5 heteroatoms. The van der Waals surface area contributed by atoms with Crippen molar-refractivity contribution in [2.75, 3.05) is 26.7 Å². The van der Waals surface area contributed by atoms with Gasteiger partial charge in [0.05, 0.1) is 6.54 Å². The van der Waals surface area contributed by atoms with Crippen molar-refractivity contribution in [2.24, 2.45) is 10.9 Å². The molecule has 0 bridgehead atoms. The number of aliphatic imine (C=N–C) groups is 1. The second-order valence-corrected chi connectivity index (χ2v) is 4.58. The van der Waals surface area contributed by atoms with Crippen LogP contribution in [-0.4, -0.2) is 32.7 Å². The van der Waals surface area contributed by atoms with Crippen LogP contribution in [0.3, 0.4) is 0 Å². The standard InChI is InChI=1S/C14H22FN3O/c1-11(2)10-18-14(16-3)17-7-8-19-13-6-4-5-12(15)9-13/h4-6,9,11H,7-8,10H2,1-3H3,(H2,16,17,18). The maximum absolute atomic E-state index is 12.9. The molecule has 4 nitrogen and oxygen atoms in total. The first-order chi connectivity index (χ1) is 9.11. The van der Waals surface area contributed by atoms with Gasteiger partial charge in [0.25, 0.3) is 0 Å². The minimum absolute atomic E-state index is 0.292. The molecule has 1 rings (SSSR count). The zero-order chi connectivity index (χ0) is 14.1. The third kappa shape index (κ3) is 6.64. The third-order valence-electron chi connectivity index (χ3n) is 2.36. The van der Waals surface area contributed by atoms with Crippen LogP contribution in [0.5, 0.6) is 5.75 Å². The normalized spacial score (nSPS) is 11.5. The van der Waals surface area contributed by atoms with Crippen molar-refractivity contribution in [1.82, 2.24) is 10.6 Å². The van der Waals surface area contributed by atoms with Gasteiger partial charge in [-0.3, -0.25) is 4.99 Å². The highest BCUT2D eigenvalue weighted by Crippen LogP contribution is 2.11. The van der Waals surface area contributed by atoms with Crippen LogP contribution in [0, 0.1) is 11.7 Å². The van der Waals surface area contributed by atoms with E-state index in [-0.39, 0.29) is 5.82 Å². The van der Waals surface area contributed by atoms with E-state index in [1.807, 2.05) is 0 Å². The van der Waals surface area contributed by atoms with Crippen LogP contribution in [-0.2, 0) is 0 Å². The molecule has 2 N–H and O–H groups in total. The van der Waals surface area contributed by atoms with Crippen LogP contribution in [0.2, 0.25) is 0 Å². The van der Waals surface area contributed by atoms with Gasteiger partial charge in [0.15, 0.2) is 5.96 Å². The molecule has 0 aliphatic carbocycles. The van der Waals surface area contributed by atoms with Crippen molar-refractivity contribution in [3.05, 3.63) is 30.1 Å². The molecular formula is C14H22FN3O. The van der Waals surface area contributed by atoms with E-state index in [1.54, 1.807) is 19.2 Å². The fourth-order valence-corrected chi connectivity index (χ4v) is 1.42. The lowest BCUT2D eigenvalue weighted by atomic mass is 10.2. The summed E-state index contributed by atoms with van der Waals surface area (Å²) in [6.45, 7) is 6.19. The van der Waals surface area contributed by atoms with Gasteiger partial charge in [-0.2, -0.15) is 0 Å². The molecule has 0 unspecified atom stereocenters. The zero-order valence-electron chi connectivity index (χ0n) is 11.7. The maximum atomic E-state index is 12.9. The lowest BCUT2D eigenvalue weighted by molar-refractivity contribution is 0.320. The summed E-state index contributed by atoms with van der Waals surface area (Å²) in [7, 11) is 1.73. The van der Waals surface area contributed by atoms with E-state index >= 15 is 0 Å². The molecule has 0 amide bonds. The van der Waals surface area contributed by atoms with E-state index in [2.05, 4.69) is 29.5 Å². The smallest absolute Gasteiger partial charge is 0.191 e. The van der Waals surface area contributed by atoms with Crippen molar-refractivity contribution in [2.45, 2.75) is 13.8 Å². The van der Waals surface area contributed by atoms with Crippen LogP contribution in [0.1, 0.15) is 13.8 Å². The van der Waals surface area contributed by atoms with E-state index in [9.17, 15) is 4.39 Å². The Kier molecular flexibility index (Phi) is 6.71. The lowest BCUT2D eigenvalue weighted by Gasteiger charge is -2.13. The van der Waals surface area contributed by atoms with Gasteiger partial charge in [-0.1, -0.05) is 19.9 Å². The summed E-state index contributed by atoms with van der Waals surface area (Å²) < 4.78 is 18.3. The van der Waals surface area contributed by atoms with Crippen molar-refractivity contribution in [3.63, 3.8) is 0 Å². The van der Waals surface area contributed by atoms with Crippen LogP contribution in [0.25, 0.3) is 0 Å². The topological polar surface area (TPSA) is 45.7 Å². The van der Waals surface area contributed by atoms with Gasteiger partial charge >= 0.3 is 0 Å². The molecule has 0 heterocycles. The summed E-state index contributed by atoms with van der Waals surface area (Å²) in [5.41, 5.74) is 0. The number of guanidine groups is 1. The average molecular weight is 267 g/mol. The summed E-state index contributed by atoms with van der Waals surface area (Å²) >= 11 is 0. The van der Waals surface area contributed by atoms with Crippen molar-refractivity contribution in [1.29, 1.82) is 0 Å². The summed E-state index contributed by atoms with van der Waals surface area (Å²) in [5, 5.41) is 6.33. The molecule has 0 aliphatic rings. The maximum Gasteiger partial charge on any atom is 0.191 e. The molecule has 0 saturated heterocycles. The summed E-state index contributed by atoms with van der Waals surface area (Å²) in [4.78, 5) is 4.10. The third-order valence-corrected chi connectivity index (χ3v) is 2.36. The van der Waals surface area contributed by atoms with E-state index in [1.165, 1.54) is 12.1 Å². The summed E-state index contributed by atoms with van der Waals surface area (Å²) in [5.74, 6) is 1.55. The van der Waals surface area contributed by atoms with Crippen molar-refractivity contribution in [3.8, 4) is 5.75 Å². The quantitative estimate of drug-likeness (QED) is 0.471. The molecule has 0 fully saturated rings. The fraction of sp³-hybridized carbons (Fsp3) is 0.500. The Hall–Kier alpha value is -1.78. The predicted octanol–water partition coefficient (Wildman–Crippen LogP) is 2.03. The number of rotatable bonds is 6. The number of nitrogens with one attached hydrogen (secondary N) is 2. The Morgan fingerprint density at radius 1 is 1.37 bits per heavy atom. The van der Waals surface area contributed by atoms with Gasteiger partial charge in [0.1, 0.15) is 18.2 Å². The largest absolute Gasteiger partial charge is 0.492 e. The van der Waals surface area contributed by atoms with Gasteiger partial charge in [-0.15, -0.1) is 0 Å². The van der Waals surface area contributed by atoms with E-state index in [4.69, 9.17) is 4.74 Å². The molecule has 1 aromatic rings. The number of halogens is 1. The fourth-order valence-electron chi connectivity index (χ4n) is 1.42. The van der Waals surface area contributed by atoms with Crippen molar-refractivity contribution < 1.29 is 9.13 Å². The lowest BCUT2D eigenvalue weighted by Crippen LogP contribution is -2.40. The molecule has 1 aromatic carbocycles. The molecule has 0 saturated carbocycles. The van der Waals surface area contributed by atoms with Crippen molar-refractivity contribution >= 4 is 5.96 Å². The molecule has 0 spiro atoms. The van der Waals surface area contributed by atoms with Gasteiger partial charge in [0, 0.05) is 19.7 Å². The molecule has 0 aliphatic heterocycles. The Balaban J connectivity index is 2.22. The first-order valence-corrected chi connectivity index (χ1v) is 6.44. The number of ether oxygens (including phenoxy) is 1. The second-order valence-electron chi connectivity index (χ2n) is 4.58. The van der Waals surface area contributed by atoms with E-state index in [0.29, 0.717) is 24.8 Å². The monoisotopic (exact) mass is 267 g/mol. The van der Waals surface area contributed by atoms with Crippen LogP contribution >= 0.6 is 0 Å². The highest BCUT2D eigenvalue weighted by atomic mass is 19.1. The Morgan fingerprint density at radius 3 is 2.79 bits per heavy atom. The number of benzene rings is 1. The van der Waals surface area contributed by atoms with Crippen LogP contribution in [0.15, 0.2) is 29.3 Å². The zero-order valence-corrected chi connectivity index (χ0v) is 11.7. The first-order valence-electron chi connectivity index (χ1n) is 6.44. The number of hydrogen-bond donors (Lipinski definition) is 2. The summed E-state index contributed by atoms with van der Waals surface area (Å²) in [6.07, 6.45) is 0. The number of nitrogens with zero attached hydrogens (tertiary/aromatic N) is 1. The molecule has 0 aromatic heterocycles. The molecule has 0 radical (unpaired) electrons. The average Bonchev–Trinajstić information content (AvgIpc) is 2.38. The SMILES string of the molecule is CN=C(NCCOc1cccc(F)c1)NCC(C)C. The Bertz CT molecular complexity index is 407. The second kappa shape index (κ2) is 8.34. The predicted molar refractivity (Wildman–Crippen MR) is 76.1 cm³/mol. The minimum atomic E-state index is -0.292. The Labute approximate surface area is 114 Å². The number of hydrogen-bond acceptors (Lipinski definition) is 2. The highest BCUT2D eigenvalue weighted by molar-refractivity contribution is 5.79. The molecule has 0 atom stereocenters. The van der Waals surface area contributed by atoms with E-state index in [0.717, 1.165) is 12.5 Å². The van der Waals surface area contributed by atoms with E-state index < -0.39 is 0 Å². The van der Waals surface area contributed by atoms with Gasteiger partial charge < -0.3 is 15.4 Å². The molecule has 19 heavy (non-hydrogen) atoms. The molecular weight excluding hydrogens is 245 g/mol. The van der Waals surface area contributed by atoms with Gasteiger partial charge in [0.2, 0.25) is 0 Å².